The number of rotatable bonds is 6. The first kappa shape index (κ1) is 22.7. The molecule has 1 saturated carbocycles. The van der Waals surface area contributed by atoms with Gasteiger partial charge in [-0.25, -0.2) is 0 Å². The van der Waals surface area contributed by atoms with E-state index in [1.165, 1.54) is 36.2 Å². The number of amides is 1. The third-order valence-electron chi connectivity index (χ3n) is 6.30. The molecule has 2 aliphatic rings. The molecular weight excluding hydrogens is 469 g/mol. The first-order chi connectivity index (χ1) is 15.4. The molecule has 1 heterocycles. The number of aryl methyl sites for hydroxylation is 1. The summed E-state index contributed by atoms with van der Waals surface area (Å²) in [4.78, 5) is 35.1. The Balaban J connectivity index is 1.34. The second-order valence-corrected chi connectivity index (χ2v) is 12.1. The van der Waals surface area contributed by atoms with Gasteiger partial charge in [0.05, 0.1) is 0 Å². The molecule has 170 valence electrons. The molecule has 1 aromatic carbocycles. The van der Waals surface area contributed by atoms with Gasteiger partial charge in [0.25, 0.3) is 0 Å². The molecule has 0 radical (unpaired) electrons. The quantitative estimate of drug-likeness (QED) is 0.373. The molecule has 32 heavy (non-hydrogen) atoms. The minimum atomic E-state index is -0.476. The Hall–Kier alpha value is -2.47. The molecule has 0 saturated heterocycles. The first-order valence-electron chi connectivity index (χ1n) is 11.3. The molecule has 9 heteroatoms. The van der Waals surface area contributed by atoms with Crippen LogP contribution in [0.1, 0.15) is 60.1 Å². The summed E-state index contributed by atoms with van der Waals surface area (Å²) in [5, 5.41) is 14.0. The Labute approximate surface area is 195 Å². The van der Waals surface area contributed by atoms with E-state index in [2.05, 4.69) is 24.3 Å². The average molecular weight is 499 g/mol. The van der Waals surface area contributed by atoms with Crippen LogP contribution in [0.4, 0.5) is 11.5 Å². The molecule has 2 aliphatic carbocycles. The molecule has 1 fully saturated rings. The number of nitro groups is 1. The molecular formula is C23H30AsN5O3. The van der Waals surface area contributed by atoms with Crippen LogP contribution in [0.5, 0.6) is 0 Å². The second-order valence-electron chi connectivity index (χ2n) is 8.87. The van der Waals surface area contributed by atoms with Crippen molar-refractivity contribution in [2.45, 2.75) is 62.1 Å². The standard InChI is InChI=1S/C23H30AsN5O3/c1-28(2)21-19-8-3-4-9-20(19)26-23(27-21)24-16-10-12-17(13-11-16)25-22(30)15-6-5-7-18(14-15)29(31)32/h5-7,14,16-17,24H,3-4,8-13H2,1-2H3,(H,25,30)/t16-,17+. The Bertz CT molecular complexity index is 1010. The van der Waals surface area contributed by atoms with Gasteiger partial charge in [-0.2, -0.15) is 0 Å². The number of hydrogen-bond acceptors (Lipinski definition) is 6. The van der Waals surface area contributed by atoms with E-state index < -0.39 is 20.7 Å². The monoisotopic (exact) mass is 499 g/mol. The summed E-state index contributed by atoms with van der Waals surface area (Å²) in [6.45, 7) is 0. The molecule has 4 rings (SSSR count). The van der Waals surface area contributed by atoms with Gasteiger partial charge in [0.15, 0.2) is 0 Å². The van der Waals surface area contributed by atoms with Crippen LogP contribution in [0, 0.1) is 10.1 Å². The number of nitro benzene ring substituents is 1. The van der Waals surface area contributed by atoms with E-state index in [4.69, 9.17) is 9.97 Å². The molecule has 1 amide bonds. The van der Waals surface area contributed by atoms with E-state index >= 15 is 0 Å². The van der Waals surface area contributed by atoms with Crippen molar-refractivity contribution in [1.82, 2.24) is 15.3 Å². The number of carbonyl (C=O) groups is 1. The Kier molecular flexibility index (Phi) is 7.09. The topological polar surface area (TPSA) is 101 Å². The van der Waals surface area contributed by atoms with Crippen molar-refractivity contribution in [1.29, 1.82) is 0 Å². The van der Waals surface area contributed by atoms with E-state index in [0.717, 1.165) is 49.0 Å². The van der Waals surface area contributed by atoms with Gasteiger partial charge in [0, 0.05) is 0 Å². The van der Waals surface area contributed by atoms with Crippen LogP contribution < -0.4 is 14.8 Å². The van der Waals surface area contributed by atoms with Gasteiger partial charge < -0.3 is 0 Å². The van der Waals surface area contributed by atoms with Gasteiger partial charge in [-0.1, -0.05) is 0 Å². The van der Waals surface area contributed by atoms with Gasteiger partial charge in [-0.15, -0.1) is 0 Å². The molecule has 0 bridgehead atoms. The van der Waals surface area contributed by atoms with E-state index in [9.17, 15) is 14.9 Å². The number of carbonyl (C=O) groups excluding carboxylic acids is 1. The van der Waals surface area contributed by atoms with Crippen LogP contribution in [-0.4, -0.2) is 56.7 Å². The summed E-state index contributed by atoms with van der Waals surface area (Å²) in [6.07, 6.45) is 8.58. The van der Waals surface area contributed by atoms with Crippen molar-refractivity contribution >= 4 is 37.8 Å². The summed E-state index contributed by atoms with van der Waals surface area (Å²) in [5.74, 6) is 0.869. The van der Waals surface area contributed by atoms with Gasteiger partial charge in [-0.05, 0) is 0 Å². The number of benzene rings is 1. The predicted octanol–water partition coefficient (Wildman–Crippen LogP) is 2.55. The van der Waals surface area contributed by atoms with Gasteiger partial charge in [0.2, 0.25) is 0 Å². The average Bonchev–Trinajstić information content (AvgIpc) is 2.79. The van der Waals surface area contributed by atoms with Crippen LogP contribution in [0.2, 0.25) is 4.71 Å². The van der Waals surface area contributed by atoms with E-state index in [1.807, 2.05) is 0 Å². The molecule has 1 atom stereocenters. The molecule has 0 spiro atoms. The van der Waals surface area contributed by atoms with Crippen molar-refractivity contribution in [2.75, 3.05) is 19.0 Å². The second kappa shape index (κ2) is 9.99. The Morgan fingerprint density at radius 2 is 1.91 bits per heavy atom. The molecule has 1 aromatic heterocycles. The number of non-ortho nitro benzene ring substituents is 1. The van der Waals surface area contributed by atoms with Crippen LogP contribution in [0.3, 0.4) is 0 Å². The van der Waals surface area contributed by atoms with Crippen molar-refractivity contribution in [3.05, 3.63) is 51.2 Å². The van der Waals surface area contributed by atoms with Crippen molar-refractivity contribution in [2.24, 2.45) is 0 Å². The maximum atomic E-state index is 12.5. The van der Waals surface area contributed by atoms with Crippen molar-refractivity contribution < 1.29 is 9.72 Å². The number of nitrogens with zero attached hydrogens (tertiary/aromatic N) is 4. The zero-order chi connectivity index (χ0) is 22.7. The van der Waals surface area contributed by atoms with Crippen LogP contribution in [0.25, 0.3) is 0 Å². The normalized spacial score (nSPS) is 20.7. The Morgan fingerprint density at radius 1 is 1.16 bits per heavy atom. The van der Waals surface area contributed by atoms with E-state index in [0.29, 0.717) is 10.3 Å². The maximum absolute atomic E-state index is 12.5. The summed E-state index contributed by atoms with van der Waals surface area (Å²) < 4.78 is 1.70. The fourth-order valence-corrected chi connectivity index (χ4v) is 7.45. The SMILES string of the molecule is CN(C)c1nc([AsH][C@H]2CC[C@@H](NC(=O)c3cccc([N+](=O)[O-])c3)CC2)nc2c1CCCC2. The number of anilines is 1. The van der Waals surface area contributed by atoms with Crippen molar-refractivity contribution in [3.8, 4) is 0 Å². The molecule has 2 aromatic rings. The number of hydrogen-bond donors (Lipinski definition) is 1. The summed E-state index contributed by atoms with van der Waals surface area (Å²) in [5.41, 5.74) is 2.87. The summed E-state index contributed by atoms with van der Waals surface area (Å²) in [7, 11) is 4.13. The zero-order valence-electron chi connectivity index (χ0n) is 18.6. The zero-order valence-corrected chi connectivity index (χ0v) is 20.7. The summed E-state index contributed by atoms with van der Waals surface area (Å²) >= 11 is -0.446. The molecule has 1 N–H and O–H groups in total. The number of nitrogens with one attached hydrogen (secondary N) is 1. The number of aromatic nitrogens is 2. The van der Waals surface area contributed by atoms with E-state index in [-0.39, 0.29) is 17.6 Å². The third-order valence-corrected chi connectivity index (χ3v) is 9.38. The van der Waals surface area contributed by atoms with Crippen molar-refractivity contribution in [3.63, 3.8) is 0 Å². The first-order valence-corrected chi connectivity index (χ1v) is 13.6. The predicted molar refractivity (Wildman–Crippen MR) is 126 cm³/mol. The van der Waals surface area contributed by atoms with Gasteiger partial charge in [0.1, 0.15) is 0 Å². The molecule has 0 aliphatic heterocycles. The van der Waals surface area contributed by atoms with Crippen LogP contribution in [-0.2, 0) is 12.8 Å². The minimum absolute atomic E-state index is 0.0612. The van der Waals surface area contributed by atoms with Gasteiger partial charge in [-0.3, -0.25) is 0 Å². The third kappa shape index (κ3) is 5.29. The van der Waals surface area contributed by atoms with Gasteiger partial charge >= 0.3 is 195 Å². The Morgan fingerprint density at radius 3 is 2.62 bits per heavy atom. The van der Waals surface area contributed by atoms with Crippen LogP contribution in [0.15, 0.2) is 24.3 Å². The van der Waals surface area contributed by atoms with E-state index in [1.54, 1.807) is 12.1 Å². The number of fused-ring (bicyclic) bond motifs is 1. The molecule has 1 unspecified atom stereocenters. The fourth-order valence-electron chi connectivity index (χ4n) is 4.60. The summed E-state index contributed by atoms with van der Waals surface area (Å²) in [6, 6.07) is 6.02. The fraction of sp³-hybridized carbons (Fsp3) is 0.522. The molecule has 8 nitrogen and oxygen atoms in total. The van der Waals surface area contributed by atoms with Crippen LogP contribution >= 0.6 is 0 Å².